The highest BCUT2D eigenvalue weighted by Crippen LogP contribution is 2.44. The van der Waals surface area contributed by atoms with Crippen molar-refractivity contribution < 1.29 is 24.2 Å². The lowest BCUT2D eigenvalue weighted by atomic mass is 9.88. The number of carbonyl (C=O) groups is 3. The fourth-order valence-electron chi connectivity index (χ4n) is 3.97. The SMILES string of the molecule is C[C@@H](CC(=O)O)NC(=O)C(C)(C)CCNC(=O)OCC1c2ccccc2-c2ccccc21. The number of carbonyl (C=O) groups excluding carboxylic acids is 2. The molecule has 2 amide bonds. The summed E-state index contributed by atoms with van der Waals surface area (Å²) in [6.45, 7) is 5.67. The van der Waals surface area contributed by atoms with Gasteiger partial charge in [0.1, 0.15) is 6.61 Å². The third kappa shape index (κ3) is 5.46. The van der Waals surface area contributed by atoms with Crippen LogP contribution in [0.5, 0.6) is 0 Å². The topological polar surface area (TPSA) is 105 Å². The number of carboxylic acid groups (broad SMARTS) is 1. The van der Waals surface area contributed by atoms with Gasteiger partial charge in [-0.25, -0.2) is 4.79 Å². The molecule has 0 radical (unpaired) electrons. The molecule has 0 fully saturated rings. The van der Waals surface area contributed by atoms with Crippen molar-refractivity contribution in [3.8, 4) is 11.1 Å². The van der Waals surface area contributed by atoms with Crippen molar-refractivity contribution in [1.82, 2.24) is 10.6 Å². The van der Waals surface area contributed by atoms with Gasteiger partial charge in [-0.3, -0.25) is 9.59 Å². The molecule has 32 heavy (non-hydrogen) atoms. The summed E-state index contributed by atoms with van der Waals surface area (Å²) in [6, 6.07) is 15.8. The van der Waals surface area contributed by atoms with Gasteiger partial charge in [-0.1, -0.05) is 62.4 Å². The summed E-state index contributed by atoms with van der Waals surface area (Å²) in [5.74, 6) is -1.22. The lowest BCUT2D eigenvalue weighted by Gasteiger charge is -2.25. The lowest BCUT2D eigenvalue weighted by Crippen LogP contribution is -2.44. The van der Waals surface area contributed by atoms with E-state index in [1.807, 2.05) is 24.3 Å². The zero-order chi connectivity index (χ0) is 23.3. The van der Waals surface area contributed by atoms with Crippen LogP contribution in [0.1, 0.15) is 50.7 Å². The number of rotatable bonds is 9. The molecule has 0 heterocycles. The van der Waals surface area contributed by atoms with E-state index in [0.29, 0.717) is 6.42 Å². The third-order valence-corrected chi connectivity index (χ3v) is 5.84. The van der Waals surface area contributed by atoms with Crippen LogP contribution < -0.4 is 10.6 Å². The Balaban J connectivity index is 1.49. The first-order chi connectivity index (χ1) is 15.2. The summed E-state index contributed by atoms with van der Waals surface area (Å²) >= 11 is 0. The molecule has 2 aromatic rings. The average molecular weight is 439 g/mol. The van der Waals surface area contributed by atoms with Crippen LogP contribution in [0.15, 0.2) is 48.5 Å². The second-order valence-electron chi connectivity index (χ2n) is 8.86. The zero-order valence-corrected chi connectivity index (χ0v) is 18.7. The highest BCUT2D eigenvalue weighted by molar-refractivity contribution is 5.83. The molecule has 2 aromatic carbocycles. The first-order valence-electron chi connectivity index (χ1n) is 10.8. The van der Waals surface area contributed by atoms with E-state index in [0.717, 1.165) is 11.1 Å². The van der Waals surface area contributed by atoms with E-state index in [9.17, 15) is 14.4 Å². The Labute approximate surface area is 188 Å². The van der Waals surface area contributed by atoms with Crippen molar-refractivity contribution in [3.63, 3.8) is 0 Å². The summed E-state index contributed by atoms with van der Waals surface area (Å²) in [5, 5.41) is 14.2. The lowest BCUT2D eigenvalue weighted by molar-refractivity contribution is -0.138. The molecule has 3 N–H and O–H groups in total. The predicted octanol–water partition coefficient (Wildman–Crippen LogP) is 3.92. The van der Waals surface area contributed by atoms with Crippen LogP contribution in [0, 0.1) is 5.41 Å². The van der Waals surface area contributed by atoms with Gasteiger partial charge in [0.05, 0.1) is 6.42 Å². The molecule has 3 rings (SSSR count). The van der Waals surface area contributed by atoms with Crippen molar-refractivity contribution in [2.75, 3.05) is 13.2 Å². The van der Waals surface area contributed by atoms with Gasteiger partial charge in [-0.05, 0) is 35.6 Å². The van der Waals surface area contributed by atoms with Crippen LogP contribution in [0.3, 0.4) is 0 Å². The Morgan fingerprint density at radius 2 is 1.59 bits per heavy atom. The quantitative estimate of drug-likeness (QED) is 0.550. The normalized spacial score (nSPS) is 13.6. The van der Waals surface area contributed by atoms with Gasteiger partial charge in [0, 0.05) is 23.9 Å². The second-order valence-corrected chi connectivity index (χ2v) is 8.86. The average Bonchev–Trinajstić information content (AvgIpc) is 3.05. The van der Waals surface area contributed by atoms with E-state index < -0.39 is 23.5 Å². The molecule has 170 valence electrons. The molecule has 1 aliphatic rings. The number of aliphatic carboxylic acids is 1. The van der Waals surface area contributed by atoms with E-state index in [-0.39, 0.29) is 31.4 Å². The minimum Gasteiger partial charge on any atom is -0.481 e. The molecule has 0 saturated heterocycles. The molecule has 7 nitrogen and oxygen atoms in total. The minimum atomic E-state index is -0.965. The number of hydrogen-bond acceptors (Lipinski definition) is 4. The second kappa shape index (κ2) is 9.85. The maximum atomic E-state index is 12.4. The van der Waals surface area contributed by atoms with Gasteiger partial charge in [-0.15, -0.1) is 0 Å². The number of alkyl carbamates (subject to hydrolysis) is 1. The molecule has 7 heteroatoms. The molecular weight excluding hydrogens is 408 g/mol. The van der Waals surface area contributed by atoms with Crippen LogP contribution in [-0.2, 0) is 14.3 Å². The highest BCUT2D eigenvalue weighted by Gasteiger charge is 2.30. The summed E-state index contributed by atoms with van der Waals surface area (Å²) in [6.07, 6.45) is -0.273. The molecule has 0 saturated carbocycles. The fourth-order valence-corrected chi connectivity index (χ4v) is 3.97. The Hall–Kier alpha value is -3.35. The van der Waals surface area contributed by atoms with Crippen molar-refractivity contribution in [1.29, 1.82) is 0 Å². The van der Waals surface area contributed by atoms with Crippen molar-refractivity contribution in [3.05, 3.63) is 59.7 Å². The van der Waals surface area contributed by atoms with Gasteiger partial charge < -0.3 is 20.5 Å². The van der Waals surface area contributed by atoms with Crippen LogP contribution in [0.2, 0.25) is 0 Å². The van der Waals surface area contributed by atoms with Gasteiger partial charge >= 0.3 is 12.1 Å². The number of ether oxygens (including phenoxy) is 1. The largest absolute Gasteiger partial charge is 0.481 e. The van der Waals surface area contributed by atoms with Crippen LogP contribution in [0.25, 0.3) is 11.1 Å². The Morgan fingerprint density at radius 3 is 2.16 bits per heavy atom. The zero-order valence-electron chi connectivity index (χ0n) is 18.7. The number of benzene rings is 2. The van der Waals surface area contributed by atoms with Gasteiger partial charge in [0.25, 0.3) is 0 Å². The van der Waals surface area contributed by atoms with E-state index in [4.69, 9.17) is 9.84 Å². The van der Waals surface area contributed by atoms with Gasteiger partial charge in [0.2, 0.25) is 5.91 Å². The van der Waals surface area contributed by atoms with E-state index >= 15 is 0 Å². The summed E-state index contributed by atoms with van der Waals surface area (Å²) in [4.78, 5) is 35.5. The maximum absolute atomic E-state index is 12.4. The summed E-state index contributed by atoms with van der Waals surface area (Å²) in [5.41, 5.74) is 3.87. The predicted molar refractivity (Wildman–Crippen MR) is 121 cm³/mol. The number of fused-ring (bicyclic) bond motifs is 3. The van der Waals surface area contributed by atoms with Gasteiger partial charge in [-0.2, -0.15) is 0 Å². The van der Waals surface area contributed by atoms with Crippen molar-refractivity contribution >= 4 is 18.0 Å². The Morgan fingerprint density at radius 1 is 1.03 bits per heavy atom. The fraction of sp³-hybridized carbons (Fsp3) is 0.400. The van der Waals surface area contributed by atoms with Crippen LogP contribution in [-0.4, -0.2) is 42.3 Å². The number of amides is 2. The van der Waals surface area contributed by atoms with Gasteiger partial charge in [0.15, 0.2) is 0 Å². The number of nitrogens with one attached hydrogen (secondary N) is 2. The molecule has 0 spiro atoms. The van der Waals surface area contributed by atoms with Crippen molar-refractivity contribution in [2.24, 2.45) is 5.41 Å². The van der Waals surface area contributed by atoms with Crippen molar-refractivity contribution in [2.45, 2.75) is 45.6 Å². The molecular formula is C25H30N2O5. The molecule has 0 aromatic heterocycles. The van der Waals surface area contributed by atoms with Crippen LogP contribution >= 0.6 is 0 Å². The molecule has 0 unspecified atom stereocenters. The molecule has 1 aliphatic carbocycles. The Kier molecular flexibility index (Phi) is 7.18. The third-order valence-electron chi connectivity index (χ3n) is 5.84. The minimum absolute atomic E-state index is 0.00825. The van der Waals surface area contributed by atoms with E-state index in [1.165, 1.54) is 11.1 Å². The first-order valence-corrected chi connectivity index (χ1v) is 10.8. The van der Waals surface area contributed by atoms with Crippen LogP contribution in [0.4, 0.5) is 4.79 Å². The maximum Gasteiger partial charge on any atom is 0.407 e. The number of carboxylic acids is 1. The monoisotopic (exact) mass is 438 g/mol. The molecule has 0 bridgehead atoms. The summed E-state index contributed by atoms with van der Waals surface area (Å²) in [7, 11) is 0. The standard InChI is InChI=1S/C25H30N2O5/c1-16(14-22(28)29)27-23(30)25(2,3)12-13-26-24(31)32-15-21-19-10-6-4-8-17(19)18-9-5-7-11-20(18)21/h4-11,16,21H,12-15H2,1-3H3,(H,26,31)(H,27,30)(H,28,29)/t16-/m0/s1. The number of hydrogen-bond donors (Lipinski definition) is 3. The summed E-state index contributed by atoms with van der Waals surface area (Å²) < 4.78 is 5.51. The molecule has 0 aliphatic heterocycles. The molecule has 1 atom stereocenters. The van der Waals surface area contributed by atoms with E-state index in [1.54, 1.807) is 20.8 Å². The van der Waals surface area contributed by atoms with E-state index in [2.05, 4.69) is 34.9 Å². The Bertz CT molecular complexity index is 956. The smallest absolute Gasteiger partial charge is 0.407 e. The first kappa shape index (κ1) is 23.3. The highest BCUT2D eigenvalue weighted by atomic mass is 16.5.